The van der Waals surface area contributed by atoms with Crippen molar-refractivity contribution in [3.05, 3.63) is 38.9 Å². The second-order valence-corrected chi connectivity index (χ2v) is 5.64. The van der Waals surface area contributed by atoms with Gasteiger partial charge in [0.15, 0.2) is 5.01 Å². The highest BCUT2D eigenvalue weighted by molar-refractivity contribution is 7.14. The lowest BCUT2D eigenvalue weighted by Gasteiger charge is -2.03. The maximum absolute atomic E-state index is 14.0. The van der Waals surface area contributed by atoms with Gasteiger partial charge in [-0.05, 0) is 6.07 Å². The third-order valence-corrected chi connectivity index (χ3v) is 3.53. The van der Waals surface area contributed by atoms with Crippen molar-refractivity contribution in [3.63, 3.8) is 0 Å². The quantitative estimate of drug-likeness (QED) is 0.678. The number of benzene rings is 1. The first-order valence-electron chi connectivity index (χ1n) is 6.08. The van der Waals surface area contributed by atoms with Gasteiger partial charge in [-0.25, -0.2) is 4.39 Å². The van der Waals surface area contributed by atoms with Crippen LogP contribution in [-0.2, 0) is 6.54 Å². The van der Waals surface area contributed by atoms with Crippen LogP contribution < -0.4 is 5.32 Å². The van der Waals surface area contributed by atoms with E-state index in [1.165, 1.54) is 0 Å². The van der Waals surface area contributed by atoms with E-state index in [4.69, 9.17) is 0 Å². The van der Waals surface area contributed by atoms with Crippen molar-refractivity contribution in [2.24, 2.45) is 0 Å². The summed E-state index contributed by atoms with van der Waals surface area (Å²) < 4.78 is 27.4. The molecule has 6 nitrogen and oxygen atoms in total. The summed E-state index contributed by atoms with van der Waals surface area (Å²) in [5.41, 5.74) is -1.17. The number of nitro benzene ring substituents is 1. The summed E-state index contributed by atoms with van der Waals surface area (Å²) in [6.07, 6.45) is 0. The molecule has 112 valence electrons. The Bertz CT molecular complexity index is 675. The summed E-state index contributed by atoms with van der Waals surface area (Å²) in [6.45, 7) is 4.35. The molecule has 0 amide bonds. The third kappa shape index (κ3) is 3.56. The van der Waals surface area contributed by atoms with Crippen LogP contribution in [0.3, 0.4) is 0 Å². The molecular weight excluding hydrogens is 302 g/mol. The van der Waals surface area contributed by atoms with Gasteiger partial charge in [-0.1, -0.05) is 25.2 Å². The Labute approximate surface area is 123 Å². The zero-order valence-electron chi connectivity index (χ0n) is 11.3. The predicted molar refractivity (Wildman–Crippen MR) is 73.9 cm³/mol. The standard InChI is InChI=1S/C12H12F2N4O2S/c1-6(2)15-5-10-16-17-12(21-10)8-3-7(13)4-9(11(8)14)18(19)20/h3-4,6,15H,5H2,1-2H3. The van der Waals surface area contributed by atoms with Crippen LogP contribution in [0.1, 0.15) is 18.9 Å². The SMILES string of the molecule is CC(C)NCc1nnc(-c2cc(F)cc([N+](=O)[O-])c2F)s1. The molecule has 0 spiro atoms. The molecule has 0 radical (unpaired) electrons. The van der Waals surface area contributed by atoms with Gasteiger partial charge in [0, 0.05) is 12.6 Å². The number of aromatic nitrogens is 2. The first-order chi connectivity index (χ1) is 9.88. The molecule has 2 rings (SSSR count). The molecule has 1 N–H and O–H groups in total. The second kappa shape index (κ2) is 6.19. The number of hydrogen-bond donors (Lipinski definition) is 1. The van der Waals surface area contributed by atoms with Crippen LogP contribution >= 0.6 is 11.3 Å². The maximum Gasteiger partial charge on any atom is 0.308 e. The van der Waals surface area contributed by atoms with Gasteiger partial charge in [0.2, 0.25) is 5.82 Å². The average Bonchev–Trinajstić information content (AvgIpc) is 2.87. The molecular formula is C12H12F2N4O2S. The molecule has 9 heteroatoms. The first-order valence-corrected chi connectivity index (χ1v) is 6.89. The minimum atomic E-state index is -1.11. The molecule has 1 aromatic heterocycles. The molecule has 0 fully saturated rings. The summed E-state index contributed by atoms with van der Waals surface area (Å²) >= 11 is 1.06. The van der Waals surface area contributed by atoms with Crippen LogP contribution in [0.15, 0.2) is 12.1 Å². The Hall–Kier alpha value is -2.00. The van der Waals surface area contributed by atoms with Gasteiger partial charge in [0.1, 0.15) is 10.8 Å². The lowest BCUT2D eigenvalue weighted by Crippen LogP contribution is -2.21. The van der Waals surface area contributed by atoms with Gasteiger partial charge in [0.25, 0.3) is 0 Å². The molecule has 0 saturated carbocycles. The third-order valence-electron chi connectivity index (χ3n) is 2.57. The lowest BCUT2D eigenvalue weighted by atomic mass is 10.2. The molecule has 0 unspecified atom stereocenters. The summed E-state index contributed by atoms with van der Waals surface area (Å²) in [7, 11) is 0. The van der Waals surface area contributed by atoms with Gasteiger partial charge in [0.05, 0.1) is 16.6 Å². The highest BCUT2D eigenvalue weighted by Gasteiger charge is 2.23. The number of hydrogen-bond acceptors (Lipinski definition) is 6. The van der Waals surface area contributed by atoms with Gasteiger partial charge in [-0.3, -0.25) is 10.1 Å². The lowest BCUT2D eigenvalue weighted by molar-refractivity contribution is -0.387. The predicted octanol–water partition coefficient (Wildman–Crippen LogP) is 2.89. The number of nitrogens with zero attached hydrogens (tertiary/aromatic N) is 3. The van der Waals surface area contributed by atoms with E-state index >= 15 is 0 Å². The summed E-state index contributed by atoms with van der Waals surface area (Å²) in [5.74, 6) is -2.00. The minimum Gasteiger partial charge on any atom is -0.308 e. The van der Waals surface area contributed by atoms with E-state index in [2.05, 4.69) is 15.5 Å². The first kappa shape index (κ1) is 15.4. The molecule has 0 atom stereocenters. The molecule has 0 bridgehead atoms. The van der Waals surface area contributed by atoms with Crippen molar-refractivity contribution in [2.45, 2.75) is 26.4 Å². The smallest absolute Gasteiger partial charge is 0.308 e. The van der Waals surface area contributed by atoms with Crippen LogP contribution in [0.2, 0.25) is 0 Å². The van der Waals surface area contributed by atoms with E-state index in [0.717, 1.165) is 17.4 Å². The van der Waals surface area contributed by atoms with E-state index in [0.29, 0.717) is 17.6 Å². The highest BCUT2D eigenvalue weighted by Crippen LogP contribution is 2.32. The van der Waals surface area contributed by atoms with E-state index in [1.54, 1.807) is 0 Å². The van der Waals surface area contributed by atoms with E-state index < -0.39 is 22.2 Å². The van der Waals surface area contributed by atoms with Crippen molar-refractivity contribution in [1.29, 1.82) is 0 Å². The van der Waals surface area contributed by atoms with Crippen molar-refractivity contribution in [1.82, 2.24) is 15.5 Å². The van der Waals surface area contributed by atoms with Gasteiger partial charge >= 0.3 is 5.69 Å². The maximum atomic E-state index is 14.0. The normalized spacial score (nSPS) is 11.1. The number of nitrogens with one attached hydrogen (secondary N) is 1. The Morgan fingerprint density at radius 3 is 2.71 bits per heavy atom. The average molecular weight is 314 g/mol. The largest absolute Gasteiger partial charge is 0.308 e. The Kier molecular flexibility index (Phi) is 4.53. The topological polar surface area (TPSA) is 81.0 Å². The molecule has 0 aliphatic heterocycles. The Morgan fingerprint density at radius 2 is 2.10 bits per heavy atom. The van der Waals surface area contributed by atoms with E-state index in [1.807, 2.05) is 13.8 Å². The summed E-state index contributed by atoms with van der Waals surface area (Å²) in [6, 6.07) is 1.66. The molecule has 0 saturated heterocycles. The molecule has 2 aromatic rings. The minimum absolute atomic E-state index is 0.107. The fraction of sp³-hybridized carbons (Fsp3) is 0.333. The van der Waals surface area contributed by atoms with Crippen molar-refractivity contribution in [3.8, 4) is 10.6 Å². The molecule has 1 heterocycles. The van der Waals surface area contributed by atoms with Gasteiger partial charge in [-0.15, -0.1) is 10.2 Å². The summed E-state index contributed by atoms with van der Waals surface area (Å²) in [5, 5.41) is 22.1. The molecule has 21 heavy (non-hydrogen) atoms. The van der Waals surface area contributed by atoms with Crippen LogP contribution in [-0.4, -0.2) is 21.2 Å². The van der Waals surface area contributed by atoms with E-state index in [-0.39, 0.29) is 16.6 Å². The number of nitro groups is 1. The van der Waals surface area contributed by atoms with Gasteiger partial charge < -0.3 is 5.32 Å². The number of halogens is 2. The molecule has 0 aliphatic rings. The zero-order valence-corrected chi connectivity index (χ0v) is 12.1. The van der Waals surface area contributed by atoms with Gasteiger partial charge in [-0.2, -0.15) is 4.39 Å². The Balaban J connectivity index is 2.36. The molecule has 1 aromatic carbocycles. The monoisotopic (exact) mass is 314 g/mol. The van der Waals surface area contributed by atoms with Crippen LogP contribution in [0.5, 0.6) is 0 Å². The Morgan fingerprint density at radius 1 is 1.38 bits per heavy atom. The zero-order chi connectivity index (χ0) is 15.6. The van der Waals surface area contributed by atoms with Crippen molar-refractivity contribution >= 4 is 17.0 Å². The van der Waals surface area contributed by atoms with Crippen molar-refractivity contribution < 1.29 is 13.7 Å². The van der Waals surface area contributed by atoms with Crippen molar-refractivity contribution in [2.75, 3.05) is 0 Å². The van der Waals surface area contributed by atoms with Crippen LogP contribution in [0.25, 0.3) is 10.6 Å². The fourth-order valence-corrected chi connectivity index (χ4v) is 2.39. The van der Waals surface area contributed by atoms with Crippen LogP contribution in [0, 0.1) is 21.7 Å². The van der Waals surface area contributed by atoms with E-state index in [9.17, 15) is 18.9 Å². The van der Waals surface area contributed by atoms with Crippen LogP contribution in [0.4, 0.5) is 14.5 Å². The fourth-order valence-electron chi connectivity index (χ4n) is 1.59. The highest BCUT2D eigenvalue weighted by atomic mass is 32.1. The molecule has 0 aliphatic carbocycles. The second-order valence-electron chi connectivity index (χ2n) is 4.58. The summed E-state index contributed by atoms with van der Waals surface area (Å²) in [4.78, 5) is 9.73. The number of rotatable bonds is 5.